The average Bonchev–Trinajstić information content (AvgIpc) is 2.52. The second kappa shape index (κ2) is 7.40. The molecule has 2 N–H and O–H groups in total. The number of amides is 2. The Hall–Kier alpha value is -2.88. The van der Waals surface area contributed by atoms with Gasteiger partial charge in [-0.25, -0.2) is 0 Å². The molecule has 2 amide bonds. The van der Waals surface area contributed by atoms with Crippen LogP contribution in [0.2, 0.25) is 0 Å². The van der Waals surface area contributed by atoms with Gasteiger partial charge < -0.3 is 10.6 Å². The number of hydrogen-bond acceptors (Lipinski definition) is 2. The van der Waals surface area contributed by atoms with Gasteiger partial charge in [-0.05, 0) is 38.1 Å². The Morgan fingerprint density at radius 2 is 1.70 bits per heavy atom. The van der Waals surface area contributed by atoms with Gasteiger partial charge in [-0.1, -0.05) is 35.4 Å². The minimum absolute atomic E-state index is 0.235. The number of nitrogens with one attached hydrogen (secondary N) is 2. The zero-order chi connectivity index (χ0) is 16.8. The molecule has 118 valence electrons. The summed E-state index contributed by atoms with van der Waals surface area (Å²) in [7, 11) is 0. The average molecular weight is 308 g/mol. The van der Waals surface area contributed by atoms with E-state index in [1.807, 2.05) is 32.0 Å². The van der Waals surface area contributed by atoms with Crippen molar-refractivity contribution >= 4 is 17.5 Å². The van der Waals surface area contributed by atoms with Crippen LogP contribution in [0.3, 0.4) is 0 Å². The second-order valence-corrected chi connectivity index (χ2v) is 5.37. The monoisotopic (exact) mass is 308 g/mol. The van der Waals surface area contributed by atoms with Crippen LogP contribution in [0, 0.1) is 13.8 Å². The highest BCUT2D eigenvalue weighted by molar-refractivity contribution is 6.09. The predicted molar refractivity (Wildman–Crippen MR) is 92.8 cm³/mol. The molecule has 0 aliphatic rings. The largest absolute Gasteiger partial charge is 0.349 e. The van der Waals surface area contributed by atoms with Gasteiger partial charge in [0.15, 0.2) is 0 Å². The molecule has 4 nitrogen and oxygen atoms in total. The van der Waals surface area contributed by atoms with Gasteiger partial charge >= 0.3 is 0 Å². The van der Waals surface area contributed by atoms with Crippen molar-refractivity contribution in [1.82, 2.24) is 5.32 Å². The summed E-state index contributed by atoms with van der Waals surface area (Å²) in [6, 6.07) is 12.6. The van der Waals surface area contributed by atoms with E-state index in [-0.39, 0.29) is 11.8 Å². The fourth-order valence-corrected chi connectivity index (χ4v) is 2.35. The summed E-state index contributed by atoms with van der Waals surface area (Å²) in [5.74, 6) is -0.484. The third-order valence-corrected chi connectivity index (χ3v) is 3.31. The molecule has 0 aliphatic carbocycles. The molecular formula is C19H20N2O2. The van der Waals surface area contributed by atoms with Gasteiger partial charge in [0.2, 0.25) is 0 Å². The minimum atomic E-state index is -0.249. The summed E-state index contributed by atoms with van der Waals surface area (Å²) >= 11 is 0. The van der Waals surface area contributed by atoms with E-state index in [0.29, 0.717) is 23.4 Å². The first-order valence-corrected chi connectivity index (χ1v) is 7.39. The number of aryl methyl sites for hydroxylation is 2. The van der Waals surface area contributed by atoms with Crippen molar-refractivity contribution in [2.75, 3.05) is 11.9 Å². The maximum absolute atomic E-state index is 12.4. The van der Waals surface area contributed by atoms with Crippen molar-refractivity contribution < 1.29 is 9.59 Å². The van der Waals surface area contributed by atoms with Gasteiger partial charge in [-0.15, -0.1) is 6.58 Å². The summed E-state index contributed by atoms with van der Waals surface area (Å²) < 4.78 is 0. The van der Waals surface area contributed by atoms with E-state index >= 15 is 0 Å². The lowest BCUT2D eigenvalue weighted by molar-refractivity contribution is 0.0959. The summed E-state index contributed by atoms with van der Waals surface area (Å²) in [6.07, 6.45) is 1.61. The number of carbonyl (C=O) groups is 2. The van der Waals surface area contributed by atoms with Crippen LogP contribution in [0.15, 0.2) is 55.1 Å². The fourth-order valence-electron chi connectivity index (χ4n) is 2.35. The highest BCUT2D eigenvalue weighted by Crippen LogP contribution is 2.17. The Kier molecular flexibility index (Phi) is 5.31. The SMILES string of the molecule is C=CCNC(=O)c1ccccc1NC(=O)c1cc(C)cc(C)c1. The van der Waals surface area contributed by atoms with Crippen LogP contribution in [0.4, 0.5) is 5.69 Å². The Morgan fingerprint density at radius 1 is 1.04 bits per heavy atom. The lowest BCUT2D eigenvalue weighted by Gasteiger charge is -2.11. The summed E-state index contributed by atoms with van der Waals surface area (Å²) in [5, 5.41) is 5.52. The van der Waals surface area contributed by atoms with Crippen molar-refractivity contribution in [3.8, 4) is 0 Å². The normalized spacial score (nSPS) is 10.0. The van der Waals surface area contributed by atoms with Crippen LogP contribution in [0.5, 0.6) is 0 Å². The zero-order valence-corrected chi connectivity index (χ0v) is 13.3. The molecule has 0 aromatic heterocycles. The van der Waals surface area contributed by atoms with E-state index in [9.17, 15) is 9.59 Å². The molecular weight excluding hydrogens is 288 g/mol. The standard InChI is InChI=1S/C19H20N2O2/c1-4-9-20-19(23)16-7-5-6-8-17(16)21-18(22)15-11-13(2)10-14(3)12-15/h4-8,10-12H,1,9H2,2-3H3,(H,20,23)(H,21,22). The van der Waals surface area contributed by atoms with Gasteiger partial charge in [0.05, 0.1) is 11.3 Å². The number of anilines is 1. The third kappa shape index (κ3) is 4.30. The second-order valence-electron chi connectivity index (χ2n) is 5.37. The predicted octanol–water partition coefficient (Wildman–Crippen LogP) is 3.47. The fraction of sp³-hybridized carbons (Fsp3) is 0.158. The molecule has 0 unspecified atom stereocenters. The van der Waals surface area contributed by atoms with E-state index in [1.165, 1.54) is 0 Å². The number of rotatable bonds is 5. The molecule has 4 heteroatoms. The van der Waals surface area contributed by atoms with E-state index in [0.717, 1.165) is 11.1 Å². The molecule has 23 heavy (non-hydrogen) atoms. The van der Waals surface area contributed by atoms with Crippen molar-refractivity contribution in [3.63, 3.8) is 0 Å². The molecule has 0 radical (unpaired) electrons. The topological polar surface area (TPSA) is 58.2 Å². The van der Waals surface area contributed by atoms with Gasteiger partial charge in [0.1, 0.15) is 0 Å². The third-order valence-electron chi connectivity index (χ3n) is 3.31. The number of hydrogen-bond donors (Lipinski definition) is 2. The van der Waals surface area contributed by atoms with Gasteiger partial charge in [-0.3, -0.25) is 9.59 Å². The maximum atomic E-state index is 12.4. The quantitative estimate of drug-likeness (QED) is 0.831. The maximum Gasteiger partial charge on any atom is 0.255 e. The van der Waals surface area contributed by atoms with Gasteiger partial charge in [0, 0.05) is 12.1 Å². The molecule has 0 saturated heterocycles. The van der Waals surface area contributed by atoms with Crippen LogP contribution in [0.25, 0.3) is 0 Å². The molecule has 2 aromatic rings. The van der Waals surface area contributed by atoms with E-state index < -0.39 is 0 Å². The van der Waals surface area contributed by atoms with Crippen LogP contribution in [0.1, 0.15) is 31.8 Å². The van der Waals surface area contributed by atoms with Crippen LogP contribution < -0.4 is 10.6 Å². The van der Waals surface area contributed by atoms with Gasteiger partial charge in [0.25, 0.3) is 11.8 Å². The first kappa shape index (κ1) is 16.5. The smallest absolute Gasteiger partial charge is 0.255 e. The number of para-hydroxylation sites is 1. The van der Waals surface area contributed by atoms with E-state index in [1.54, 1.807) is 30.3 Å². The molecule has 0 bridgehead atoms. The number of carbonyl (C=O) groups excluding carboxylic acids is 2. The van der Waals surface area contributed by atoms with Crippen molar-refractivity contribution in [2.24, 2.45) is 0 Å². The molecule has 0 saturated carbocycles. The van der Waals surface area contributed by atoms with Crippen LogP contribution in [-0.2, 0) is 0 Å². The first-order valence-electron chi connectivity index (χ1n) is 7.39. The molecule has 0 atom stereocenters. The summed E-state index contributed by atoms with van der Waals surface area (Å²) in [6.45, 7) is 7.83. The van der Waals surface area contributed by atoms with Crippen LogP contribution in [-0.4, -0.2) is 18.4 Å². The molecule has 0 aliphatic heterocycles. The highest BCUT2D eigenvalue weighted by Gasteiger charge is 2.13. The first-order chi connectivity index (χ1) is 11.0. The van der Waals surface area contributed by atoms with Crippen LogP contribution >= 0.6 is 0 Å². The van der Waals surface area contributed by atoms with E-state index in [4.69, 9.17) is 0 Å². The highest BCUT2D eigenvalue weighted by atomic mass is 16.2. The van der Waals surface area contributed by atoms with Crippen molar-refractivity contribution in [2.45, 2.75) is 13.8 Å². The Bertz CT molecular complexity index is 731. The summed E-state index contributed by atoms with van der Waals surface area (Å²) in [5.41, 5.74) is 3.52. The Balaban J connectivity index is 2.24. The molecule has 0 fully saturated rings. The van der Waals surface area contributed by atoms with Crippen molar-refractivity contribution in [3.05, 3.63) is 77.4 Å². The van der Waals surface area contributed by atoms with Gasteiger partial charge in [-0.2, -0.15) is 0 Å². The lowest BCUT2D eigenvalue weighted by Crippen LogP contribution is -2.25. The van der Waals surface area contributed by atoms with Crippen molar-refractivity contribution in [1.29, 1.82) is 0 Å². The molecule has 2 aromatic carbocycles. The zero-order valence-electron chi connectivity index (χ0n) is 13.3. The van der Waals surface area contributed by atoms with E-state index in [2.05, 4.69) is 17.2 Å². The molecule has 0 spiro atoms. The Morgan fingerprint density at radius 3 is 2.35 bits per heavy atom. The lowest BCUT2D eigenvalue weighted by atomic mass is 10.1. The Labute approximate surface area is 136 Å². The minimum Gasteiger partial charge on any atom is -0.349 e. The molecule has 0 heterocycles. The summed E-state index contributed by atoms with van der Waals surface area (Å²) in [4.78, 5) is 24.6. The number of benzene rings is 2. The molecule has 2 rings (SSSR count).